The Morgan fingerprint density at radius 1 is 1.20 bits per heavy atom. The van der Waals surface area contributed by atoms with E-state index >= 15 is 0 Å². The first kappa shape index (κ1) is 20.9. The number of fused-ring (bicyclic) bond motifs is 1. The Hall–Kier alpha value is -2.34. The highest BCUT2D eigenvalue weighted by Gasteiger charge is 2.38. The Kier molecular flexibility index (Phi) is 6.42. The van der Waals surface area contributed by atoms with E-state index in [1.807, 2.05) is 18.2 Å². The van der Waals surface area contributed by atoms with Gasteiger partial charge < -0.3 is 20.3 Å². The van der Waals surface area contributed by atoms with Gasteiger partial charge in [0.25, 0.3) is 5.91 Å². The topological polar surface area (TPSA) is 70.7 Å². The van der Waals surface area contributed by atoms with Crippen LogP contribution in [0.15, 0.2) is 30.5 Å². The van der Waals surface area contributed by atoms with Gasteiger partial charge in [-0.05, 0) is 68.8 Å². The van der Waals surface area contributed by atoms with Gasteiger partial charge in [0.1, 0.15) is 17.9 Å². The van der Waals surface area contributed by atoms with Crippen LogP contribution in [-0.2, 0) is 11.3 Å². The van der Waals surface area contributed by atoms with Crippen LogP contribution < -0.4 is 15.4 Å². The molecule has 2 amide bonds. The number of carbonyl (C=O) groups excluding carboxylic acids is 2. The number of piperidine rings is 1. The van der Waals surface area contributed by atoms with Crippen molar-refractivity contribution in [3.8, 4) is 5.75 Å². The first-order valence-corrected chi connectivity index (χ1v) is 11.4. The highest BCUT2D eigenvalue weighted by molar-refractivity contribution is 6.01. The number of benzene rings is 1. The molecule has 0 bridgehead atoms. The van der Waals surface area contributed by atoms with E-state index < -0.39 is 6.04 Å². The third kappa shape index (κ3) is 4.38. The molecule has 0 spiro atoms. The van der Waals surface area contributed by atoms with E-state index in [1.165, 1.54) is 19.3 Å². The number of carbonyl (C=O) groups is 2. The summed E-state index contributed by atoms with van der Waals surface area (Å²) in [5, 5.41) is 6.45. The number of allylic oxidation sites excluding steroid dienone is 1. The lowest BCUT2D eigenvalue weighted by Crippen LogP contribution is -2.49. The molecule has 2 heterocycles. The monoisotopic (exact) mass is 411 g/mol. The summed E-state index contributed by atoms with van der Waals surface area (Å²) in [6, 6.07) is 5.71. The van der Waals surface area contributed by atoms with Crippen LogP contribution in [0.1, 0.15) is 74.2 Å². The third-order valence-corrected chi connectivity index (χ3v) is 6.50. The van der Waals surface area contributed by atoms with Crippen molar-refractivity contribution < 1.29 is 14.3 Å². The minimum atomic E-state index is -0.427. The molecule has 2 aliphatic heterocycles. The predicted molar refractivity (Wildman–Crippen MR) is 116 cm³/mol. The number of hydrogen-bond acceptors (Lipinski definition) is 4. The van der Waals surface area contributed by atoms with E-state index in [-0.39, 0.29) is 17.9 Å². The lowest BCUT2D eigenvalue weighted by molar-refractivity contribution is -0.126. The molecule has 3 unspecified atom stereocenters. The molecule has 0 aromatic heterocycles. The summed E-state index contributed by atoms with van der Waals surface area (Å²) < 4.78 is 6.44. The Morgan fingerprint density at radius 3 is 2.83 bits per heavy atom. The van der Waals surface area contributed by atoms with Crippen LogP contribution in [-0.4, -0.2) is 41.4 Å². The molecule has 1 saturated carbocycles. The lowest BCUT2D eigenvalue weighted by Gasteiger charge is -2.30. The van der Waals surface area contributed by atoms with Crippen LogP contribution in [0.2, 0.25) is 0 Å². The molecule has 1 aromatic rings. The average molecular weight is 412 g/mol. The van der Waals surface area contributed by atoms with Crippen LogP contribution in [0.4, 0.5) is 0 Å². The van der Waals surface area contributed by atoms with Crippen LogP contribution >= 0.6 is 0 Å². The highest BCUT2D eigenvalue weighted by atomic mass is 16.5. The van der Waals surface area contributed by atoms with Gasteiger partial charge >= 0.3 is 0 Å². The summed E-state index contributed by atoms with van der Waals surface area (Å²) in [4.78, 5) is 27.0. The van der Waals surface area contributed by atoms with Crippen molar-refractivity contribution in [3.63, 3.8) is 0 Å². The Bertz CT molecular complexity index is 822. The number of hydrogen-bond donors (Lipinski definition) is 2. The molecule has 1 saturated heterocycles. The van der Waals surface area contributed by atoms with Crippen molar-refractivity contribution in [1.29, 1.82) is 0 Å². The van der Waals surface area contributed by atoms with Crippen LogP contribution in [0.25, 0.3) is 0 Å². The van der Waals surface area contributed by atoms with E-state index in [0.29, 0.717) is 31.0 Å². The van der Waals surface area contributed by atoms with Crippen LogP contribution in [0, 0.1) is 0 Å². The largest absolute Gasteiger partial charge is 0.489 e. The fourth-order valence-corrected chi connectivity index (χ4v) is 4.86. The van der Waals surface area contributed by atoms with Crippen molar-refractivity contribution in [2.75, 3.05) is 6.54 Å². The molecule has 1 aliphatic carbocycles. The molecular weight excluding hydrogens is 378 g/mol. The average Bonchev–Trinajstić information content (AvgIpc) is 2.89. The predicted octanol–water partition coefficient (Wildman–Crippen LogP) is 3.51. The molecule has 162 valence electrons. The highest BCUT2D eigenvalue weighted by Crippen LogP contribution is 2.32. The van der Waals surface area contributed by atoms with Gasteiger partial charge in [0.2, 0.25) is 5.91 Å². The fourth-order valence-electron chi connectivity index (χ4n) is 4.86. The molecule has 4 rings (SSSR count). The Labute approximate surface area is 179 Å². The standard InChI is InChI=1S/C24H33N3O3/c1-3-13-25-20-7-5-4-6-8-22(20)30-18-10-11-19-17(14-18)15-27(24(19)29)21-12-9-16(2)26-23(21)28/h10-11,14,20-22,25H,2-9,12-13,15H2,1H3,(H,26,28). The quantitative estimate of drug-likeness (QED) is 0.703. The zero-order valence-electron chi connectivity index (χ0n) is 17.9. The summed E-state index contributed by atoms with van der Waals surface area (Å²) in [6.45, 7) is 7.48. The summed E-state index contributed by atoms with van der Waals surface area (Å²) in [5.74, 6) is 0.619. The second-order valence-electron chi connectivity index (χ2n) is 8.75. The maximum atomic E-state index is 12.9. The van der Waals surface area contributed by atoms with Crippen molar-refractivity contribution in [1.82, 2.24) is 15.5 Å². The van der Waals surface area contributed by atoms with Crippen molar-refractivity contribution in [2.45, 2.75) is 83.0 Å². The van der Waals surface area contributed by atoms with E-state index in [2.05, 4.69) is 24.1 Å². The number of nitrogens with one attached hydrogen (secondary N) is 2. The zero-order chi connectivity index (χ0) is 21.1. The minimum Gasteiger partial charge on any atom is -0.489 e. The van der Waals surface area contributed by atoms with Crippen LogP contribution in [0.3, 0.4) is 0 Å². The van der Waals surface area contributed by atoms with E-state index in [0.717, 1.165) is 42.8 Å². The van der Waals surface area contributed by atoms with Crippen molar-refractivity contribution in [3.05, 3.63) is 41.6 Å². The number of ether oxygens (including phenoxy) is 1. The normalized spacial score (nSPS) is 26.9. The maximum Gasteiger partial charge on any atom is 0.255 e. The second kappa shape index (κ2) is 9.21. The second-order valence-corrected chi connectivity index (χ2v) is 8.75. The third-order valence-electron chi connectivity index (χ3n) is 6.50. The SMILES string of the molecule is C=C1CCC(N2Cc3cc(OC4CCCCCC4NCCC)ccc3C2=O)C(=O)N1. The molecule has 6 nitrogen and oxygen atoms in total. The number of amides is 2. The van der Waals surface area contributed by atoms with Gasteiger partial charge in [0, 0.05) is 23.8 Å². The molecule has 0 radical (unpaired) electrons. The molecule has 3 aliphatic rings. The van der Waals surface area contributed by atoms with E-state index in [1.54, 1.807) is 4.90 Å². The van der Waals surface area contributed by atoms with Gasteiger partial charge in [0.15, 0.2) is 0 Å². The molecule has 3 atom stereocenters. The van der Waals surface area contributed by atoms with Gasteiger partial charge in [0.05, 0.1) is 0 Å². The summed E-state index contributed by atoms with van der Waals surface area (Å²) >= 11 is 0. The maximum absolute atomic E-state index is 12.9. The van der Waals surface area contributed by atoms with E-state index in [4.69, 9.17) is 4.74 Å². The molecule has 1 aromatic carbocycles. The first-order valence-electron chi connectivity index (χ1n) is 11.4. The summed E-state index contributed by atoms with van der Waals surface area (Å²) in [7, 11) is 0. The summed E-state index contributed by atoms with van der Waals surface area (Å²) in [5.41, 5.74) is 2.35. The summed E-state index contributed by atoms with van der Waals surface area (Å²) in [6.07, 6.45) is 8.48. The Morgan fingerprint density at radius 2 is 2.03 bits per heavy atom. The Balaban J connectivity index is 1.47. The van der Waals surface area contributed by atoms with Gasteiger partial charge in [-0.1, -0.05) is 26.3 Å². The number of rotatable bonds is 6. The zero-order valence-corrected chi connectivity index (χ0v) is 17.9. The van der Waals surface area contributed by atoms with Crippen molar-refractivity contribution in [2.24, 2.45) is 0 Å². The molecule has 30 heavy (non-hydrogen) atoms. The minimum absolute atomic E-state index is 0.0684. The van der Waals surface area contributed by atoms with Gasteiger partial charge in [-0.2, -0.15) is 0 Å². The van der Waals surface area contributed by atoms with Gasteiger partial charge in [-0.3, -0.25) is 9.59 Å². The molecule has 6 heteroatoms. The van der Waals surface area contributed by atoms with Crippen LogP contribution in [0.5, 0.6) is 5.75 Å². The van der Waals surface area contributed by atoms with E-state index in [9.17, 15) is 9.59 Å². The smallest absolute Gasteiger partial charge is 0.255 e. The fraction of sp³-hybridized carbons (Fsp3) is 0.583. The molecule has 2 N–H and O–H groups in total. The van der Waals surface area contributed by atoms with Gasteiger partial charge in [-0.25, -0.2) is 0 Å². The lowest BCUT2D eigenvalue weighted by atomic mass is 10.0. The van der Waals surface area contributed by atoms with Gasteiger partial charge in [-0.15, -0.1) is 0 Å². The van der Waals surface area contributed by atoms with Crippen molar-refractivity contribution >= 4 is 11.8 Å². The first-order chi connectivity index (χ1) is 14.6. The number of nitrogens with zero attached hydrogens (tertiary/aromatic N) is 1. The molecule has 2 fully saturated rings. The molecular formula is C24H33N3O3.